The molecule has 0 saturated heterocycles. The summed E-state index contributed by atoms with van der Waals surface area (Å²) in [7, 11) is 2.85. The first-order valence-corrected chi connectivity index (χ1v) is 9.44. The van der Waals surface area contributed by atoms with Gasteiger partial charge in [0, 0.05) is 11.3 Å². The molecule has 0 atom stereocenters. The number of benzene rings is 1. The van der Waals surface area contributed by atoms with Crippen molar-refractivity contribution in [3.05, 3.63) is 45.8 Å². The van der Waals surface area contributed by atoms with E-state index in [9.17, 15) is 14.4 Å². The van der Waals surface area contributed by atoms with E-state index in [1.807, 2.05) is 31.2 Å². The third-order valence-electron chi connectivity index (χ3n) is 4.18. The number of aryl methyl sites for hydroxylation is 2. The zero-order valence-corrected chi connectivity index (χ0v) is 17.1. The Morgan fingerprint density at radius 3 is 2.50 bits per heavy atom. The third-order valence-corrected chi connectivity index (χ3v) is 5.31. The van der Waals surface area contributed by atoms with E-state index in [-0.39, 0.29) is 6.42 Å². The number of esters is 2. The van der Waals surface area contributed by atoms with Crippen molar-refractivity contribution in [2.24, 2.45) is 0 Å². The highest BCUT2D eigenvalue weighted by atomic mass is 32.1. The number of amides is 1. The van der Waals surface area contributed by atoms with E-state index in [1.165, 1.54) is 18.4 Å². The largest absolute Gasteiger partial charge is 0.496 e. The molecule has 0 saturated carbocycles. The summed E-state index contributed by atoms with van der Waals surface area (Å²) in [6.45, 7) is 3.20. The monoisotopic (exact) mass is 405 g/mol. The molecule has 7 nitrogen and oxygen atoms in total. The molecule has 1 heterocycles. The number of rotatable bonds is 8. The van der Waals surface area contributed by atoms with Crippen LogP contribution in [0.25, 0.3) is 0 Å². The highest BCUT2D eigenvalue weighted by Crippen LogP contribution is 2.32. The highest BCUT2D eigenvalue weighted by molar-refractivity contribution is 7.16. The number of hydrogen-bond donors (Lipinski definition) is 1. The summed E-state index contributed by atoms with van der Waals surface area (Å²) in [6, 6.07) is 7.40. The first-order chi connectivity index (χ1) is 13.4. The fraction of sp³-hybridized carbons (Fsp3) is 0.350. The SMILES string of the molecule is COC(=O)c1c(NC(=O)COC(=O)CCc2ccccc2OC)sc(C)c1C. The summed E-state index contributed by atoms with van der Waals surface area (Å²) in [6.07, 6.45) is 0.568. The van der Waals surface area contributed by atoms with Crippen molar-refractivity contribution in [2.45, 2.75) is 26.7 Å². The molecule has 2 aromatic rings. The summed E-state index contributed by atoms with van der Waals surface area (Å²) in [4.78, 5) is 36.9. The van der Waals surface area contributed by atoms with Crippen LogP contribution in [-0.4, -0.2) is 38.7 Å². The fourth-order valence-corrected chi connectivity index (χ4v) is 3.65. The standard InChI is InChI=1S/C20H23NO6S/c1-12-13(2)28-19(18(12)20(24)26-4)21-16(22)11-27-17(23)10-9-14-7-5-6-8-15(14)25-3/h5-8H,9-11H2,1-4H3,(H,21,22). The molecule has 0 unspecified atom stereocenters. The van der Waals surface area contributed by atoms with Crippen LogP contribution in [0.5, 0.6) is 5.75 Å². The van der Waals surface area contributed by atoms with E-state index in [4.69, 9.17) is 14.2 Å². The Balaban J connectivity index is 1.88. The van der Waals surface area contributed by atoms with Gasteiger partial charge < -0.3 is 19.5 Å². The molecule has 1 amide bonds. The number of thiophene rings is 1. The lowest BCUT2D eigenvalue weighted by atomic mass is 10.1. The van der Waals surface area contributed by atoms with E-state index in [0.29, 0.717) is 22.7 Å². The average Bonchev–Trinajstić information content (AvgIpc) is 2.97. The van der Waals surface area contributed by atoms with Crippen molar-refractivity contribution >= 4 is 34.2 Å². The number of ether oxygens (including phenoxy) is 3. The Morgan fingerprint density at radius 1 is 1.11 bits per heavy atom. The van der Waals surface area contributed by atoms with Crippen LogP contribution >= 0.6 is 11.3 Å². The van der Waals surface area contributed by atoms with Crippen LogP contribution in [0.1, 0.15) is 32.8 Å². The van der Waals surface area contributed by atoms with Gasteiger partial charge in [-0.15, -0.1) is 11.3 Å². The smallest absolute Gasteiger partial charge is 0.341 e. The van der Waals surface area contributed by atoms with Crippen molar-refractivity contribution < 1.29 is 28.6 Å². The number of anilines is 1. The maximum absolute atomic E-state index is 12.1. The number of methoxy groups -OCH3 is 2. The number of para-hydroxylation sites is 1. The Kier molecular flexibility index (Phi) is 7.57. The Bertz CT molecular complexity index is 874. The van der Waals surface area contributed by atoms with Crippen LogP contribution in [0.4, 0.5) is 5.00 Å². The molecule has 2 rings (SSSR count). The molecule has 1 N–H and O–H groups in total. The molecule has 0 aliphatic carbocycles. The summed E-state index contributed by atoms with van der Waals surface area (Å²) in [5.74, 6) is -0.831. The van der Waals surface area contributed by atoms with E-state index in [2.05, 4.69) is 5.32 Å². The topological polar surface area (TPSA) is 90.9 Å². The zero-order valence-electron chi connectivity index (χ0n) is 16.3. The molecule has 0 aliphatic rings. The lowest BCUT2D eigenvalue weighted by Crippen LogP contribution is -2.21. The summed E-state index contributed by atoms with van der Waals surface area (Å²) in [5, 5.41) is 3.00. The number of carbonyl (C=O) groups is 3. The second-order valence-corrected chi connectivity index (χ2v) is 7.22. The van der Waals surface area contributed by atoms with Gasteiger partial charge in [-0.05, 0) is 37.5 Å². The lowest BCUT2D eigenvalue weighted by molar-refractivity contribution is -0.147. The van der Waals surface area contributed by atoms with Gasteiger partial charge in [0.25, 0.3) is 5.91 Å². The van der Waals surface area contributed by atoms with Gasteiger partial charge in [0.2, 0.25) is 0 Å². The molecular weight excluding hydrogens is 382 g/mol. The maximum Gasteiger partial charge on any atom is 0.341 e. The number of carbonyl (C=O) groups excluding carboxylic acids is 3. The van der Waals surface area contributed by atoms with Crippen molar-refractivity contribution in [1.29, 1.82) is 0 Å². The summed E-state index contributed by atoms with van der Waals surface area (Å²) >= 11 is 1.27. The van der Waals surface area contributed by atoms with Gasteiger partial charge in [-0.1, -0.05) is 18.2 Å². The van der Waals surface area contributed by atoms with Gasteiger partial charge in [0.1, 0.15) is 10.8 Å². The van der Waals surface area contributed by atoms with E-state index in [1.54, 1.807) is 14.0 Å². The summed E-state index contributed by atoms with van der Waals surface area (Å²) < 4.78 is 15.0. The van der Waals surface area contributed by atoms with Crippen LogP contribution < -0.4 is 10.1 Å². The van der Waals surface area contributed by atoms with Gasteiger partial charge in [-0.2, -0.15) is 0 Å². The minimum atomic E-state index is -0.522. The lowest BCUT2D eigenvalue weighted by Gasteiger charge is -2.09. The van der Waals surface area contributed by atoms with E-state index >= 15 is 0 Å². The minimum Gasteiger partial charge on any atom is -0.496 e. The molecule has 8 heteroatoms. The molecule has 150 valence electrons. The Morgan fingerprint density at radius 2 is 1.82 bits per heavy atom. The first-order valence-electron chi connectivity index (χ1n) is 8.63. The van der Waals surface area contributed by atoms with Crippen molar-refractivity contribution in [2.75, 3.05) is 26.1 Å². The minimum absolute atomic E-state index is 0.123. The average molecular weight is 405 g/mol. The second-order valence-electron chi connectivity index (χ2n) is 6.00. The van der Waals surface area contributed by atoms with Crippen molar-refractivity contribution in [1.82, 2.24) is 0 Å². The van der Waals surface area contributed by atoms with Crippen LogP contribution in [0.3, 0.4) is 0 Å². The molecular formula is C20H23NO6S. The highest BCUT2D eigenvalue weighted by Gasteiger charge is 2.22. The molecule has 0 bridgehead atoms. The van der Waals surface area contributed by atoms with Gasteiger partial charge in [-0.25, -0.2) is 4.79 Å². The third kappa shape index (κ3) is 5.32. The second kappa shape index (κ2) is 9.89. The number of hydrogen-bond acceptors (Lipinski definition) is 7. The zero-order chi connectivity index (χ0) is 20.7. The van der Waals surface area contributed by atoms with Crippen LogP contribution in [0, 0.1) is 13.8 Å². The fourth-order valence-electron chi connectivity index (χ4n) is 2.59. The van der Waals surface area contributed by atoms with Crippen LogP contribution in [0.2, 0.25) is 0 Å². The molecule has 0 spiro atoms. The van der Waals surface area contributed by atoms with Crippen molar-refractivity contribution in [3.63, 3.8) is 0 Å². The quantitative estimate of drug-likeness (QED) is 0.678. The van der Waals surface area contributed by atoms with Gasteiger partial charge >= 0.3 is 11.9 Å². The molecule has 1 aromatic carbocycles. The van der Waals surface area contributed by atoms with Gasteiger partial charge in [0.05, 0.1) is 19.8 Å². The van der Waals surface area contributed by atoms with Gasteiger partial charge in [-0.3, -0.25) is 9.59 Å². The Labute approximate surface area is 167 Å². The molecule has 28 heavy (non-hydrogen) atoms. The van der Waals surface area contributed by atoms with Crippen LogP contribution in [0.15, 0.2) is 24.3 Å². The maximum atomic E-state index is 12.1. The Hall–Kier alpha value is -2.87. The molecule has 1 aromatic heterocycles. The predicted molar refractivity (Wildman–Crippen MR) is 106 cm³/mol. The molecule has 0 fully saturated rings. The normalized spacial score (nSPS) is 10.3. The van der Waals surface area contributed by atoms with Crippen LogP contribution in [-0.2, 0) is 25.5 Å². The number of nitrogens with one attached hydrogen (secondary N) is 1. The van der Waals surface area contributed by atoms with Gasteiger partial charge in [0.15, 0.2) is 6.61 Å². The van der Waals surface area contributed by atoms with Crippen molar-refractivity contribution in [3.8, 4) is 5.75 Å². The molecule has 0 aliphatic heterocycles. The van der Waals surface area contributed by atoms with E-state index in [0.717, 1.165) is 16.0 Å². The predicted octanol–water partition coefficient (Wildman–Crippen LogP) is 3.27. The van der Waals surface area contributed by atoms with E-state index < -0.39 is 24.5 Å². The summed E-state index contributed by atoms with van der Waals surface area (Å²) in [5.41, 5.74) is 1.96. The molecule has 0 radical (unpaired) electrons. The first kappa shape index (κ1) is 21.4.